The fraction of sp³-hybridized carbons (Fsp3) is 0.409. The van der Waals surface area contributed by atoms with E-state index in [4.69, 9.17) is 9.47 Å². The largest absolute Gasteiger partial charge is 0.508 e. The molecule has 2 aliphatic rings. The van der Waals surface area contributed by atoms with Gasteiger partial charge in [-0.1, -0.05) is 0 Å². The van der Waals surface area contributed by atoms with Crippen LogP contribution in [0.1, 0.15) is 42.9 Å². The summed E-state index contributed by atoms with van der Waals surface area (Å²) in [4.78, 5) is 12.8. The molecule has 2 aromatic rings. The number of carbonyl (C=O) groups excluding carboxylic acids is 1. The van der Waals surface area contributed by atoms with Gasteiger partial charge in [0.15, 0.2) is 23.4 Å². The van der Waals surface area contributed by atoms with Gasteiger partial charge in [0.1, 0.15) is 23.4 Å². The average molecular weight is 432 g/mol. The lowest BCUT2D eigenvalue weighted by molar-refractivity contribution is -0.162. The number of fused-ring (bicyclic) bond motifs is 1. The topological polar surface area (TPSA) is 157 Å². The molecule has 9 nitrogen and oxygen atoms in total. The van der Waals surface area contributed by atoms with Crippen LogP contribution in [0, 0.1) is 5.92 Å². The number of aliphatic hydroxyl groups excluding tert-OH is 1. The van der Waals surface area contributed by atoms with Gasteiger partial charge in [0.2, 0.25) is 0 Å². The van der Waals surface area contributed by atoms with Crippen molar-refractivity contribution < 1.29 is 44.9 Å². The number of carbonyl (C=O) groups is 1. The predicted octanol–water partition coefficient (Wildman–Crippen LogP) is 2.35. The summed E-state index contributed by atoms with van der Waals surface area (Å²) >= 11 is 0. The Labute approximate surface area is 177 Å². The molecule has 0 amide bonds. The Kier molecular flexibility index (Phi) is 5.45. The van der Waals surface area contributed by atoms with E-state index in [0.29, 0.717) is 31.2 Å². The number of aromatic hydroxyl groups is 5. The summed E-state index contributed by atoms with van der Waals surface area (Å²) in [5.74, 6) is -2.94. The van der Waals surface area contributed by atoms with Crippen molar-refractivity contribution in [2.45, 2.75) is 50.4 Å². The molecule has 0 bridgehead atoms. The highest BCUT2D eigenvalue weighted by Gasteiger charge is 2.38. The first-order valence-corrected chi connectivity index (χ1v) is 10.1. The molecule has 0 radical (unpaired) electrons. The van der Waals surface area contributed by atoms with Gasteiger partial charge >= 0.3 is 5.97 Å². The molecule has 9 heteroatoms. The first-order chi connectivity index (χ1) is 14.7. The SMILES string of the molecule is O=C(O[C@@H]1Cc2c(O)cc(O)cc2O[C@H]1c1cc(O)c(O)c(O)c1)C1CCC(O)CC1. The van der Waals surface area contributed by atoms with Crippen molar-refractivity contribution in [3.8, 4) is 34.5 Å². The van der Waals surface area contributed by atoms with Crippen molar-refractivity contribution >= 4 is 5.97 Å². The summed E-state index contributed by atoms with van der Waals surface area (Å²) < 4.78 is 11.6. The van der Waals surface area contributed by atoms with Gasteiger partial charge in [0.05, 0.1) is 12.0 Å². The molecule has 4 rings (SSSR count). The minimum absolute atomic E-state index is 0.0651. The van der Waals surface area contributed by atoms with E-state index in [1.54, 1.807) is 0 Å². The van der Waals surface area contributed by atoms with Crippen LogP contribution in [-0.4, -0.2) is 48.8 Å². The van der Waals surface area contributed by atoms with Crippen LogP contribution in [0.5, 0.6) is 34.5 Å². The van der Waals surface area contributed by atoms with E-state index in [1.165, 1.54) is 18.2 Å². The molecule has 166 valence electrons. The first kappa shape index (κ1) is 20.9. The Balaban J connectivity index is 1.66. The summed E-state index contributed by atoms with van der Waals surface area (Å²) in [6.07, 6.45) is -0.247. The molecule has 1 aliphatic heterocycles. The van der Waals surface area contributed by atoms with Gasteiger partial charge in [-0.05, 0) is 37.8 Å². The number of hydrogen-bond acceptors (Lipinski definition) is 9. The maximum Gasteiger partial charge on any atom is 0.309 e. The Bertz CT molecular complexity index is 972. The zero-order chi connectivity index (χ0) is 22.3. The van der Waals surface area contributed by atoms with E-state index in [9.17, 15) is 35.4 Å². The Morgan fingerprint density at radius 2 is 1.55 bits per heavy atom. The van der Waals surface area contributed by atoms with Gasteiger partial charge in [-0.25, -0.2) is 0 Å². The van der Waals surface area contributed by atoms with E-state index in [2.05, 4.69) is 0 Å². The van der Waals surface area contributed by atoms with Crippen LogP contribution in [0.3, 0.4) is 0 Å². The number of aliphatic hydroxyl groups is 1. The third-order valence-electron chi connectivity index (χ3n) is 5.89. The molecule has 1 aliphatic carbocycles. The van der Waals surface area contributed by atoms with Crippen molar-refractivity contribution in [2.24, 2.45) is 5.92 Å². The van der Waals surface area contributed by atoms with Crippen molar-refractivity contribution in [3.63, 3.8) is 0 Å². The molecule has 31 heavy (non-hydrogen) atoms. The Hall–Kier alpha value is -3.33. The minimum Gasteiger partial charge on any atom is -0.508 e. The predicted molar refractivity (Wildman–Crippen MR) is 106 cm³/mol. The molecular formula is C22H24O9. The highest BCUT2D eigenvalue weighted by molar-refractivity contribution is 5.73. The van der Waals surface area contributed by atoms with Crippen LogP contribution in [0.2, 0.25) is 0 Å². The van der Waals surface area contributed by atoms with Crippen molar-refractivity contribution in [1.82, 2.24) is 0 Å². The maximum absolute atomic E-state index is 12.8. The molecule has 1 heterocycles. The number of esters is 1. The third-order valence-corrected chi connectivity index (χ3v) is 5.89. The highest BCUT2D eigenvalue weighted by Crippen LogP contribution is 2.45. The maximum atomic E-state index is 12.8. The monoisotopic (exact) mass is 432 g/mol. The van der Waals surface area contributed by atoms with Gasteiger partial charge in [-0.2, -0.15) is 0 Å². The molecule has 2 aromatic carbocycles. The van der Waals surface area contributed by atoms with Crippen LogP contribution in [0.4, 0.5) is 0 Å². The smallest absolute Gasteiger partial charge is 0.309 e. The fourth-order valence-corrected chi connectivity index (χ4v) is 4.18. The lowest BCUT2D eigenvalue weighted by atomic mass is 9.87. The second-order valence-electron chi connectivity index (χ2n) is 8.07. The zero-order valence-electron chi connectivity index (χ0n) is 16.6. The number of hydrogen-bond donors (Lipinski definition) is 6. The summed E-state index contributed by atoms with van der Waals surface area (Å²) in [5, 5.41) is 59.2. The van der Waals surface area contributed by atoms with Crippen molar-refractivity contribution in [2.75, 3.05) is 0 Å². The van der Waals surface area contributed by atoms with E-state index >= 15 is 0 Å². The van der Waals surface area contributed by atoms with Crippen LogP contribution < -0.4 is 4.74 Å². The number of ether oxygens (including phenoxy) is 2. The van der Waals surface area contributed by atoms with Gasteiger partial charge in [-0.3, -0.25) is 4.79 Å². The highest BCUT2D eigenvalue weighted by atomic mass is 16.6. The van der Waals surface area contributed by atoms with Crippen LogP contribution >= 0.6 is 0 Å². The quantitative estimate of drug-likeness (QED) is 0.316. The van der Waals surface area contributed by atoms with Gasteiger partial charge in [0, 0.05) is 29.7 Å². The summed E-state index contributed by atoms with van der Waals surface area (Å²) in [7, 11) is 0. The Morgan fingerprint density at radius 3 is 2.19 bits per heavy atom. The summed E-state index contributed by atoms with van der Waals surface area (Å²) in [6, 6.07) is 4.83. The second-order valence-corrected chi connectivity index (χ2v) is 8.07. The van der Waals surface area contributed by atoms with Crippen LogP contribution in [0.25, 0.3) is 0 Å². The average Bonchev–Trinajstić information content (AvgIpc) is 2.72. The normalized spacial score (nSPS) is 25.3. The van der Waals surface area contributed by atoms with Crippen molar-refractivity contribution in [3.05, 3.63) is 35.4 Å². The number of phenolic OH excluding ortho intramolecular Hbond substituents is 5. The first-order valence-electron chi connectivity index (χ1n) is 10.1. The van der Waals surface area contributed by atoms with Gasteiger partial charge < -0.3 is 40.1 Å². The fourth-order valence-electron chi connectivity index (χ4n) is 4.18. The van der Waals surface area contributed by atoms with E-state index in [1.807, 2.05) is 0 Å². The van der Waals surface area contributed by atoms with E-state index < -0.39 is 41.5 Å². The molecule has 1 saturated carbocycles. The number of benzene rings is 2. The molecule has 2 atom stereocenters. The molecule has 0 aromatic heterocycles. The third kappa shape index (κ3) is 4.13. The molecule has 6 N–H and O–H groups in total. The minimum atomic E-state index is -0.982. The Morgan fingerprint density at radius 1 is 0.903 bits per heavy atom. The van der Waals surface area contributed by atoms with E-state index in [0.717, 1.165) is 6.07 Å². The van der Waals surface area contributed by atoms with Crippen LogP contribution in [-0.2, 0) is 16.0 Å². The lowest BCUT2D eigenvalue weighted by Crippen LogP contribution is -2.37. The molecule has 0 unspecified atom stereocenters. The van der Waals surface area contributed by atoms with Gasteiger partial charge in [-0.15, -0.1) is 0 Å². The number of rotatable bonds is 3. The standard InChI is InChI=1S/C22H24O9/c23-12-3-1-10(2-4-12)22(29)31-19-9-14-15(25)7-13(24)8-18(14)30-21(19)11-5-16(26)20(28)17(27)6-11/h5-8,10,12,19,21,23-28H,1-4,9H2/t10?,12?,19-,21+/m1/s1. The molecule has 0 spiro atoms. The molecular weight excluding hydrogens is 408 g/mol. The second kappa shape index (κ2) is 8.07. The van der Waals surface area contributed by atoms with Gasteiger partial charge in [0.25, 0.3) is 0 Å². The lowest BCUT2D eigenvalue weighted by Gasteiger charge is -2.35. The summed E-state index contributed by atoms with van der Waals surface area (Å²) in [5.41, 5.74) is 0.580. The molecule has 0 saturated heterocycles. The summed E-state index contributed by atoms with van der Waals surface area (Å²) in [6.45, 7) is 0. The van der Waals surface area contributed by atoms with E-state index in [-0.39, 0.29) is 35.2 Å². The zero-order valence-corrected chi connectivity index (χ0v) is 16.6. The number of phenols is 5. The molecule has 1 fully saturated rings. The van der Waals surface area contributed by atoms with Crippen LogP contribution in [0.15, 0.2) is 24.3 Å². The van der Waals surface area contributed by atoms with Crippen molar-refractivity contribution in [1.29, 1.82) is 0 Å².